The van der Waals surface area contributed by atoms with E-state index in [0.29, 0.717) is 19.3 Å². The molecule has 6 heteroatoms. The highest BCUT2D eigenvalue weighted by molar-refractivity contribution is 5.71. The second-order valence-electron chi connectivity index (χ2n) is 18.4. The number of hydrogen-bond acceptors (Lipinski definition) is 6. The molecule has 69 heavy (non-hydrogen) atoms. The quantitative estimate of drug-likeness (QED) is 0.0262. The van der Waals surface area contributed by atoms with Gasteiger partial charge in [-0.05, 0) is 122 Å². The van der Waals surface area contributed by atoms with E-state index >= 15 is 0 Å². The lowest BCUT2D eigenvalue weighted by Gasteiger charge is -2.18. The summed E-state index contributed by atoms with van der Waals surface area (Å²) >= 11 is 0. The Hall–Kier alpha value is -3.93. The summed E-state index contributed by atoms with van der Waals surface area (Å²) in [6.07, 6.45) is 76.5. The molecule has 0 aromatic carbocycles. The zero-order valence-electron chi connectivity index (χ0n) is 44.8. The van der Waals surface area contributed by atoms with E-state index in [9.17, 15) is 14.4 Å². The summed E-state index contributed by atoms with van der Waals surface area (Å²) in [6.45, 7) is 6.35. The summed E-state index contributed by atoms with van der Waals surface area (Å²) in [6, 6.07) is 0. The minimum Gasteiger partial charge on any atom is -0.462 e. The van der Waals surface area contributed by atoms with Crippen LogP contribution in [0.25, 0.3) is 0 Å². The van der Waals surface area contributed by atoms with Gasteiger partial charge < -0.3 is 14.2 Å². The van der Waals surface area contributed by atoms with E-state index in [1.54, 1.807) is 0 Å². The van der Waals surface area contributed by atoms with Gasteiger partial charge in [-0.1, -0.05) is 220 Å². The van der Waals surface area contributed by atoms with Gasteiger partial charge in [0.1, 0.15) is 13.2 Å². The second kappa shape index (κ2) is 56.7. The highest BCUT2D eigenvalue weighted by atomic mass is 16.6. The van der Waals surface area contributed by atoms with Crippen molar-refractivity contribution >= 4 is 17.9 Å². The number of esters is 3. The number of allylic oxidation sites excluding steroid dienone is 18. The molecule has 0 unspecified atom stereocenters. The van der Waals surface area contributed by atoms with Crippen LogP contribution in [0.1, 0.15) is 252 Å². The maximum absolute atomic E-state index is 12.9. The van der Waals surface area contributed by atoms with Crippen LogP contribution < -0.4 is 0 Å². The number of carbonyl (C=O) groups excluding carboxylic acids is 3. The van der Waals surface area contributed by atoms with Crippen LogP contribution in [0.4, 0.5) is 0 Å². The summed E-state index contributed by atoms with van der Waals surface area (Å²) in [5.74, 6) is -0.972. The van der Waals surface area contributed by atoms with Crippen LogP contribution in [0.3, 0.4) is 0 Å². The Morgan fingerprint density at radius 3 is 0.928 bits per heavy atom. The molecule has 0 aliphatic carbocycles. The third-order valence-electron chi connectivity index (χ3n) is 11.7. The first-order valence-corrected chi connectivity index (χ1v) is 28.4. The van der Waals surface area contributed by atoms with E-state index in [0.717, 1.165) is 122 Å². The maximum atomic E-state index is 12.9. The van der Waals surface area contributed by atoms with Gasteiger partial charge in [0.2, 0.25) is 0 Å². The molecule has 0 aromatic heterocycles. The van der Waals surface area contributed by atoms with Crippen molar-refractivity contribution in [1.29, 1.82) is 0 Å². The van der Waals surface area contributed by atoms with Gasteiger partial charge in [-0.25, -0.2) is 0 Å². The monoisotopic (exact) mass is 957 g/mol. The highest BCUT2D eigenvalue weighted by Crippen LogP contribution is 2.14. The number of ether oxygens (including phenoxy) is 3. The van der Waals surface area contributed by atoms with Gasteiger partial charge in [0.25, 0.3) is 0 Å². The fourth-order valence-electron chi connectivity index (χ4n) is 7.54. The predicted molar refractivity (Wildman–Crippen MR) is 297 cm³/mol. The number of rotatable bonds is 50. The first-order chi connectivity index (χ1) is 34.0. The van der Waals surface area contributed by atoms with Crippen molar-refractivity contribution in [2.75, 3.05) is 13.2 Å². The van der Waals surface area contributed by atoms with Crippen LogP contribution in [0.15, 0.2) is 109 Å². The molecule has 0 aliphatic rings. The molecule has 0 heterocycles. The fraction of sp³-hybridized carbons (Fsp3) is 0.667. The Bertz CT molecular complexity index is 1420. The Kier molecular flexibility index (Phi) is 53.4. The van der Waals surface area contributed by atoms with E-state index in [-0.39, 0.29) is 31.1 Å². The minimum absolute atomic E-state index is 0.106. The topological polar surface area (TPSA) is 78.9 Å². The zero-order chi connectivity index (χ0) is 50.0. The largest absolute Gasteiger partial charge is 0.462 e. The van der Waals surface area contributed by atoms with Crippen molar-refractivity contribution in [1.82, 2.24) is 0 Å². The van der Waals surface area contributed by atoms with Gasteiger partial charge in [-0.15, -0.1) is 0 Å². The SMILES string of the molecule is CC/C=C\C/C=C\C/C=C\C/C=C\CCCCCCC(=O)OC[C@H](COC(=O)CCCC/C=C\C/C=C\C/C=C\C/C=C\CC)OC(=O)CCCCCCCCCCC/C=C\CCCCCCCC. The first kappa shape index (κ1) is 65.1. The standard InChI is InChI=1S/C63H104O6/c1-4-7-10-13-16-19-22-25-28-30-31-33-36-39-42-45-48-51-54-57-63(66)69-60(58-67-61(64)55-52-49-46-43-40-37-34-27-24-21-18-15-12-9-6-3)59-68-62(65)56-53-50-47-44-41-38-35-32-29-26-23-20-17-14-11-8-5-2/h8-9,11-12,17-18,20-21,25-29,34-35,38,40,43,60H,4-7,10,13-16,19,22-24,30-33,36-37,39,41-42,44-59H2,1-3H3/b11-8-,12-9-,20-17-,21-18-,28-25-,29-26-,34-27-,38-35-,43-40-/t60-/m0/s1. The van der Waals surface area contributed by atoms with Crippen molar-refractivity contribution in [2.24, 2.45) is 0 Å². The normalized spacial score (nSPS) is 12.9. The fourth-order valence-corrected chi connectivity index (χ4v) is 7.54. The maximum Gasteiger partial charge on any atom is 0.306 e. The summed E-state index contributed by atoms with van der Waals surface area (Å²) in [5, 5.41) is 0. The molecule has 0 N–H and O–H groups in total. The van der Waals surface area contributed by atoms with Crippen LogP contribution >= 0.6 is 0 Å². The summed E-state index contributed by atoms with van der Waals surface area (Å²) in [7, 11) is 0. The van der Waals surface area contributed by atoms with Crippen molar-refractivity contribution in [2.45, 2.75) is 258 Å². The lowest BCUT2D eigenvalue weighted by molar-refractivity contribution is -0.167. The van der Waals surface area contributed by atoms with Crippen LogP contribution in [-0.4, -0.2) is 37.2 Å². The molecule has 392 valence electrons. The van der Waals surface area contributed by atoms with E-state index in [1.807, 2.05) is 0 Å². The first-order valence-electron chi connectivity index (χ1n) is 28.4. The Morgan fingerprint density at radius 2 is 0.565 bits per heavy atom. The number of hydrogen-bond donors (Lipinski definition) is 0. The van der Waals surface area contributed by atoms with Gasteiger partial charge >= 0.3 is 17.9 Å². The summed E-state index contributed by atoms with van der Waals surface area (Å²) < 4.78 is 16.8. The Morgan fingerprint density at radius 1 is 0.304 bits per heavy atom. The predicted octanol–water partition coefficient (Wildman–Crippen LogP) is 19.1. The molecule has 0 rings (SSSR count). The molecule has 0 bridgehead atoms. The molecular formula is C63H104O6. The van der Waals surface area contributed by atoms with E-state index in [1.165, 1.54) is 89.9 Å². The molecule has 1 atom stereocenters. The molecule has 0 fully saturated rings. The smallest absolute Gasteiger partial charge is 0.306 e. The Balaban J connectivity index is 4.49. The number of carbonyl (C=O) groups is 3. The molecule has 0 saturated heterocycles. The third kappa shape index (κ3) is 54.9. The number of unbranched alkanes of at least 4 members (excludes halogenated alkanes) is 21. The molecule has 0 aliphatic heterocycles. The molecule has 0 amide bonds. The van der Waals surface area contributed by atoms with Crippen LogP contribution in [0, 0.1) is 0 Å². The lowest BCUT2D eigenvalue weighted by atomic mass is 10.1. The molecule has 0 radical (unpaired) electrons. The van der Waals surface area contributed by atoms with Crippen LogP contribution in [-0.2, 0) is 28.6 Å². The average molecular weight is 958 g/mol. The van der Waals surface area contributed by atoms with Crippen molar-refractivity contribution in [3.8, 4) is 0 Å². The summed E-state index contributed by atoms with van der Waals surface area (Å²) in [4.78, 5) is 38.1. The molecule has 0 spiro atoms. The lowest BCUT2D eigenvalue weighted by Crippen LogP contribution is -2.30. The van der Waals surface area contributed by atoms with Gasteiger partial charge in [-0.2, -0.15) is 0 Å². The Labute approximate surface area is 425 Å². The van der Waals surface area contributed by atoms with E-state index in [2.05, 4.69) is 130 Å². The van der Waals surface area contributed by atoms with Crippen molar-refractivity contribution < 1.29 is 28.6 Å². The average Bonchev–Trinajstić information content (AvgIpc) is 3.35. The molecule has 0 aromatic rings. The highest BCUT2D eigenvalue weighted by Gasteiger charge is 2.19. The zero-order valence-corrected chi connectivity index (χ0v) is 44.8. The third-order valence-corrected chi connectivity index (χ3v) is 11.7. The van der Waals surface area contributed by atoms with Gasteiger partial charge in [-0.3, -0.25) is 14.4 Å². The van der Waals surface area contributed by atoms with Gasteiger partial charge in [0.15, 0.2) is 6.10 Å². The van der Waals surface area contributed by atoms with Crippen molar-refractivity contribution in [3.05, 3.63) is 109 Å². The van der Waals surface area contributed by atoms with Crippen molar-refractivity contribution in [3.63, 3.8) is 0 Å². The minimum atomic E-state index is -0.809. The van der Waals surface area contributed by atoms with Crippen LogP contribution in [0.2, 0.25) is 0 Å². The van der Waals surface area contributed by atoms with Crippen LogP contribution in [0.5, 0.6) is 0 Å². The molecule has 6 nitrogen and oxygen atoms in total. The van der Waals surface area contributed by atoms with Gasteiger partial charge in [0.05, 0.1) is 0 Å². The van der Waals surface area contributed by atoms with E-state index < -0.39 is 6.10 Å². The van der Waals surface area contributed by atoms with Gasteiger partial charge in [0, 0.05) is 19.3 Å². The molecule has 0 saturated carbocycles. The second-order valence-corrected chi connectivity index (χ2v) is 18.4. The van der Waals surface area contributed by atoms with E-state index in [4.69, 9.17) is 14.2 Å². The summed E-state index contributed by atoms with van der Waals surface area (Å²) in [5.41, 5.74) is 0. The molecular weight excluding hydrogens is 853 g/mol.